The molecule has 52 heavy (non-hydrogen) atoms. The molecule has 4 aliphatic rings. The van der Waals surface area contributed by atoms with E-state index in [-0.39, 0.29) is 34.8 Å². The number of hydrogen-bond acceptors (Lipinski definition) is 6. The normalized spacial score (nSPS) is 46.0. The van der Waals surface area contributed by atoms with E-state index in [1.165, 1.54) is 21.2 Å². The Morgan fingerprint density at radius 1 is 0.365 bits per heavy atom. The molecule has 2 aromatic carbocycles. The highest BCUT2D eigenvalue weighted by atomic mass is 31.1. The summed E-state index contributed by atoms with van der Waals surface area (Å²) in [6, 6.07) is 17.5. The van der Waals surface area contributed by atoms with Crippen molar-refractivity contribution in [2.75, 3.05) is 0 Å². The molecular weight excluding hydrogens is 724 g/mol. The van der Waals surface area contributed by atoms with Gasteiger partial charge in [-0.05, 0) is 70.1 Å². The molecule has 292 valence electrons. The fourth-order valence-corrected chi connectivity index (χ4v) is 25.9. The number of rotatable bonds is 8. The van der Waals surface area contributed by atoms with Gasteiger partial charge in [-0.15, -0.1) is 0 Å². The highest BCUT2D eigenvalue weighted by molar-refractivity contribution is 7.74. The molecule has 0 aliphatic carbocycles. The van der Waals surface area contributed by atoms with Gasteiger partial charge < -0.3 is 30.6 Å². The summed E-state index contributed by atoms with van der Waals surface area (Å²) in [5.74, 6) is 0.659. The topological polar surface area (TPSA) is 121 Å². The summed E-state index contributed by atoms with van der Waals surface area (Å²) in [5.41, 5.74) is 2.22. The lowest BCUT2D eigenvalue weighted by Crippen LogP contribution is -2.32. The fourth-order valence-electron chi connectivity index (χ4n) is 10.3. The van der Waals surface area contributed by atoms with Crippen LogP contribution in [0.25, 0.3) is 0 Å². The fraction of sp³-hybridized carbons (Fsp3) is 0.714. The van der Waals surface area contributed by atoms with Crippen molar-refractivity contribution in [2.45, 2.75) is 177 Å². The minimum atomic E-state index is -0.630. The lowest BCUT2D eigenvalue weighted by molar-refractivity contribution is 0.0272. The molecule has 0 bridgehead atoms. The van der Waals surface area contributed by atoms with E-state index in [1.807, 2.05) is 0 Å². The first-order chi connectivity index (χ1) is 24.7. The van der Waals surface area contributed by atoms with Gasteiger partial charge in [0.25, 0.3) is 0 Å². The van der Waals surface area contributed by atoms with Crippen molar-refractivity contribution in [2.24, 2.45) is 11.8 Å². The molecule has 0 radical (unpaired) electrons. The van der Waals surface area contributed by atoms with Gasteiger partial charge in [0.15, 0.2) is 0 Å². The van der Waals surface area contributed by atoms with Gasteiger partial charge in [0.1, 0.15) is 0 Å². The maximum Gasteiger partial charge on any atom is 0.0875 e. The average Bonchev–Trinajstić information content (AvgIpc) is 3.70. The minimum absolute atomic E-state index is 0.108. The molecule has 6 nitrogen and oxygen atoms in total. The Hall–Kier alpha value is -0.0800. The molecule has 6 rings (SSSR count). The second kappa shape index (κ2) is 18.0. The monoisotopic (exact) mass is 792 g/mol. The second-order valence-electron chi connectivity index (χ2n) is 16.1. The summed E-state index contributed by atoms with van der Waals surface area (Å²) in [6.45, 7) is 21.8. The van der Waals surface area contributed by atoms with E-state index in [1.54, 1.807) is 0 Å². The van der Waals surface area contributed by atoms with Crippen molar-refractivity contribution in [1.82, 2.24) is 0 Å². The average molecular weight is 793 g/mol. The van der Waals surface area contributed by atoms with Crippen LogP contribution in [0.4, 0.5) is 0 Å². The molecule has 4 heterocycles. The van der Waals surface area contributed by atoms with Crippen LogP contribution in [0.2, 0.25) is 0 Å². The second-order valence-corrected chi connectivity index (χ2v) is 27.2. The highest BCUT2D eigenvalue weighted by Crippen LogP contribution is 2.63. The highest BCUT2D eigenvalue weighted by Gasteiger charge is 2.52. The van der Waals surface area contributed by atoms with Crippen LogP contribution in [0, 0.1) is 11.8 Å². The van der Waals surface area contributed by atoms with Gasteiger partial charge >= 0.3 is 0 Å². The van der Waals surface area contributed by atoms with Crippen LogP contribution in [0.15, 0.2) is 48.5 Å². The quantitative estimate of drug-likeness (QED) is 0.184. The molecule has 2 aromatic rings. The molecule has 0 aromatic heterocycles. The SMILES string of the molecule is CC[C@H]1[C@@H](C)[C@H](O)[C@H](CC)P1c1ccccc1P1[C@@H](CC)[C@@H](O)[C@H](O)[C@@H]1CC.C[C@H]1[C@H](O)[C@H](C)P(c2ccccc2P2[C@@H](C)[C@@H](O)[C@H](O)[C@@H]2C)[C@H]1C. The van der Waals surface area contributed by atoms with E-state index in [9.17, 15) is 30.6 Å². The van der Waals surface area contributed by atoms with Crippen molar-refractivity contribution >= 4 is 52.9 Å². The van der Waals surface area contributed by atoms with Gasteiger partial charge in [0.05, 0.1) is 36.6 Å². The van der Waals surface area contributed by atoms with Gasteiger partial charge in [-0.25, -0.2) is 0 Å². The molecule has 6 N–H and O–H groups in total. The summed E-state index contributed by atoms with van der Waals surface area (Å²) >= 11 is 0. The van der Waals surface area contributed by atoms with E-state index in [2.05, 4.69) is 118 Å². The molecule has 0 saturated carbocycles. The van der Waals surface area contributed by atoms with Crippen LogP contribution >= 0.6 is 31.7 Å². The van der Waals surface area contributed by atoms with Gasteiger partial charge in [-0.1, -0.05) is 149 Å². The number of aliphatic hydroxyl groups is 6. The molecule has 4 saturated heterocycles. The molecular formula is C42H68O6P4. The first-order valence-corrected chi connectivity index (χ1v) is 26.0. The zero-order valence-corrected chi connectivity index (χ0v) is 36.7. The Balaban J connectivity index is 0.000000203. The Bertz CT molecular complexity index is 1300. The predicted molar refractivity (Wildman–Crippen MR) is 228 cm³/mol. The van der Waals surface area contributed by atoms with E-state index in [0.29, 0.717) is 34.5 Å². The molecule has 0 amide bonds. The Labute approximate surface area is 319 Å². The maximum absolute atomic E-state index is 11.0. The van der Waals surface area contributed by atoms with Crippen LogP contribution in [0.3, 0.4) is 0 Å². The Morgan fingerprint density at radius 2 is 0.673 bits per heavy atom. The number of benzene rings is 2. The Morgan fingerprint density at radius 3 is 1.02 bits per heavy atom. The molecule has 4 fully saturated rings. The molecule has 0 spiro atoms. The van der Waals surface area contributed by atoms with Crippen LogP contribution in [0.5, 0.6) is 0 Å². The van der Waals surface area contributed by atoms with Crippen LogP contribution in [-0.4, -0.2) is 113 Å². The van der Waals surface area contributed by atoms with Crippen molar-refractivity contribution in [3.63, 3.8) is 0 Å². The van der Waals surface area contributed by atoms with Gasteiger partial charge in [0, 0.05) is 34.0 Å². The van der Waals surface area contributed by atoms with E-state index in [0.717, 1.165) is 25.7 Å². The van der Waals surface area contributed by atoms with Crippen molar-refractivity contribution in [3.05, 3.63) is 48.5 Å². The summed E-state index contributed by atoms with van der Waals surface area (Å²) in [4.78, 5) is 0. The van der Waals surface area contributed by atoms with Crippen LogP contribution in [0.1, 0.15) is 94.9 Å². The van der Waals surface area contributed by atoms with E-state index < -0.39 is 56.1 Å². The van der Waals surface area contributed by atoms with Gasteiger partial charge in [-0.2, -0.15) is 0 Å². The third-order valence-corrected chi connectivity index (χ3v) is 28.3. The smallest absolute Gasteiger partial charge is 0.0875 e. The largest absolute Gasteiger partial charge is 0.392 e. The van der Waals surface area contributed by atoms with E-state index >= 15 is 0 Å². The third kappa shape index (κ3) is 7.53. The van der Waals surface area contributed by atoms with Crippen LogP contribution < -0.4 is 21.2 Å². The summed E-state index contributed by atoms with van der Waals surface area (Å²) in [7, 11) is -2.13. The molecule has 10 heteroatoms. The lowest BCUT2D eigenvalue weighted by Gasteiger charge is -2.33. The molecule has 2 unspecified atom stereocenters. The maximum atomic E-state index is 11.0. The summed E-state index contributed by atoms with van der Waals surface area (Å²) in [6.07, 6.45) is 0.987. The molecule has 4 aliphatic heterocycles. The zero-order chi connectivity index (χ0) is 38.3. The van der Waals surface area contributed by atoms with Crippen LogP contribution in [-0.2, 0) is 0 Å². The minimum Gasteiger partial charge on any atom is -0.392 e. The Kier molecular flexibility index (Phi) is 14.9. The van der Waals surface area contributed by atoms with Gasteiger partial charge in [0.2, 0.25) is 0 Å². The standard InChI is InChI=1S/C23H38O3P2.C19H30O3P2/c1-6-15-14(5)21(24)16(7-2)27(15)19-12-10-11-13-20(19)28-17(8-3)22(25)23(26)18(28)9-4;1-10-11(2)23(12(3)17(10)20)15-8-6-7-9-16(15)24-13(4)18(21)19(22)14(24)5/h10-18,21-26H,6-9H2,1-5H3;6-14,17-22H,1-5H3/t14-,15+,16+,17+,18+,21+,22-,23-,27?;10-,11+,12+,13+,14+,17+,18-,19-,23?/m11/s1. The zero-order valence-electron chi connectivity index (χ0n) is 33.2. The van der Waals surface area contributed by atoms with Gasteiger partial charge in [-0.3, -0.25) is 0 Å². The molecule has 18 atom stereocenters. The van der Waals surface area contributed by atoms with Crippen molar-refractivity contribution in [3.8, 4) is 0 Å². The summed E-state index contributed by atoms with van der Waals surface area (Å²) in [5, 5.41) is 69.3. The van der Waals surface area contributed by atoms with E-state index in [4.69, 9.17) is 0 Å². The van der Waals surface area contributed by atoms with Crippen molar-refractivity contribution < 1.29 is 30.6 Å². The first kappa shape index (κ1) is 43.1. The van der Waals surface area contributed by atoms with Crippen molar-refractivity contribution in [1.29, 1.82) is 0 Å². The predicted octanol–water partition coefficient (Wildman–Crippen LogP) is 5.96. The third-order valence-electron chi connectivity index (χ3n) is 13.5. The number of hydrogen-bond donors (Lipinski definition) is 6. The first-order valence-electron chi connectivity index (χ1n) is 20.1. The number of aliphatic hydroxyl groups excluding tert-OH is 6. The summed E-state index contributed by atoms with van der Waals surface area (Å²) < 4.78 is 0. The lowest BCUT2D eigenvalue weighted by atomic mass is 9.96.